The maximum absolute atomic E-state index is 13.6. The first-order valence-electron chi connectivity index (χ1n) is 10.6. The van der Waals surface area contributed by atoms with Crippen molar-refractivity contribution in [1.29, 1.82) is 0 Å². The summed E-state index contributed by atoms with van der Waals surface area (Å²) in [4.78, 5) is 39.5. The van der Waals surface area contributed by atoms with E-state index in [-0.39, 0.29) is 42.1 Å². The van der Waals surface area contributed by atoms with E-state index in [9.17, 15) is 18.8 Å². The summed E-state index contributed by atoms with van der Waals surface area (Å²) in [5.41, 5.74) is -2.26. The van der Waals surface area contributed by atoms with Gasteiger partial charge in [-0.2, -0.15) is 0 Å². The molecule has 8 heteroatoms. The average molecular weight is 433 g/mol. The van der Waals surface area contributed by atoms with Gasteiger partial charge in [0, 0.05) is 12.0 Å². The summed E-state index contributed by atoms with van der Waals surface area (Å²) in [6.45, 7) is 8.19. The van der Waals surface area contributed by atoms with Crippen molar-refractivity contribution in [2.75, 3.05) is 26.3 Å². The molecule has 1 aromatic carbocycles. The normalized spacial score (nSPS) is 31.5. The molecular weight excluding hydrogens is 405 g/mol. The number of esters is 1. The van der Waals surface area contributed by atoms with E-state index in [1.807, 2.05) is 20.8 Å². The minimum absolute atomic E-state index is 0.101. The number of hydrogen-bond acceptors (Lipinski definition) is 6. The predicted molar refractivity (Wildman–Crippen MR) is 108 cm³/mol. The number of ether oxygens (including phenoxy) is 3. The highest BCUT2D eigenvalue weighted by molar-refractivity contribution is 5.97. The van der Waals surface area contributed by atoms with Crippen LogP contribution < -0.4 is 4.74 Å². The molecule has 0 aromatic heterocycles. The highest BCUT2D eigenvalue weighted by atomic mass is 19.1. The first-order chi connectivity index (χ1) is 14.5. The van der Waals surface area contributed by atoms with Crippen LogP contribution in [-0.4, -0.2) is 60.6 Å². The quantitative estimate of drug-likeness (QED) is 0.525. The number of halogens is 1. The predicted octanol–water partition coefficient (Wildman–Crippen LogP) is 2.76. The minimum atomic E-state index is -1.15. The molecule has 1 aliphatic carbocycles. The van der Waals surface area contributed by atoms with Crippen molar-refractivity contribution in [3.8, 4) is 5.75 Å². The van der Waals surface area contributed by atoms with E-state index in [0.717, 1.165) is 6.07 Å². The highest BCUT2D eigenvalue weighted by Gasteiger charge is 2.76. The molecule has 168 valence electrons. The van der Waals surface area contributed by atoms with Crippen molar-refractivity contribution in [1.82, 2.24) is 4.90 Å². The standard InChI is InChI=1S/C23H28FNO6/c1-14(26)17-11-15(24)5-6-18(17)30-13-16-12-25(9-10-29-16)19(27)23-8-7-22(4,20(28)31-23)21(23,2)3/h5-6,11,16H,7-10,12-13H2,1-4H3/t16?,22-,23+/m0/s1. The van der Waals surface area contributed by atoms with Gasteiger partial charge in [-0.05, 0) is 44.9 Å². The van der Waals surface area contributed by atoms with Gasteiger partial charge in [-0.1, -0.05) is 13.8 Å². The van der Waals surface area contributed by atoms with Crippen molar-refractivity contribution in [3.63, 3.8) is 0 Å². The van der Waals surface area contributed by atoms with Crippen LogP contribution >= 0.6 is 0 Å². The van der Waals surface area contributed by atoms with Gasteiger partial charge in [0.25, 0.3) is 5.91 Å². The number of ketones is 1. The third-order valence-electron chi connectivity index (χ3n) is 7.60. The lowest BCUT2D eigenvalue weighted by Gasteiger charge is -2.41. The Morgan fingerprint density at radius 1 is 1.26 bits per heavy atom. The van der Waals surface area contributed by atoms with Crippen LogP contribution in [0.3, 0.4) is 0 Å². The summed E-state index contributed by atoms with van der Waals surface area (Å²) < 4.78 is 30.7. The third kappa shape index (κ3) is 3.14. The van der Waals surface area contributed by atoms with Crippen LogP contribution in [0.5, 0.6) is 5.75 Å². The zero-order valence-corrected chi connectivity index (χ0v) is 18.3. The smallest absolute Gasteiger partial charge is 0.313 e. The molecule has 1 saturated carbocycles. The van der Waals surface area contributed by atoms with E-state index >= 15 is 0 Å². The van der Waals surface area contributed by atoms with Gasteiger partial charge >= 0.3 is 5.97 Å². The Morgan fingerprint density at radius 3 is 2.61 bits per heavy atom. The summed E-state index contributed by atoms with van der Waals surface area (Å²) in [5, 5.41) is 0. The summed E-state index contributed by atoms with van der Waals surface area (Å²) in [6.07, 6.45) is 0.712. The van der Waals surface area contributed by atoms with Gasteiger partial charge in [-0.3, -0.25) is 14.4 Å². The Morgan fingerprint density at radius 2 is 2.00 bits per heavy atom. The molecule has 1 unspecified atom stereocenters. The highest BCUT2D eigenvalue weighted by Crippen LogP contribution is 2.66. The molecule has 2 saturated heterocycles. The van der Waals surface area contributed by atoms with Gasteiger partial charge in [0.15, 0.2) is 11.4 Å². The van der Waals surface area contributed by atoms with Crippen LogP contribution in [0, 0.1) is 16.6 Å². The fraction of sp³-hybridized carbons (Fsp3) is 0.609. The van der Waals surface area contributed by atoms with Gasteiger partial charge in [0.1, 0.15) is 24.3 Å². The summed E-state index contributed by atoms with van der Waals surface area (Å²) in [7, 11) is 0. The Bertz CT molecular complexity index is 946. The van der Waals surface area contributed by atoms with Crippen molar-refractivity contribution in [3.05, 3.63) is 29.6 Å². The fourth-order valence-corrected chi connectivity index (χ4v) is 5.07. The lowest BCUT2D eigenvalue weighted by Crippen LogP contribution is -2.59. The van der Waals surface area contributed by atoms with E-state index in [4.69, 9.17) is 14.2 Å². The van der Waals surface area contributed by atoms with E-state index in [2.05, 4.69) is 0 Å². The van der Waals surface area contributed by atoms with Crippen molar-refractivity contribution in [2.45, 2.75) is 52.2 Å². The molecular formula is C23H28FNO6. The Balaban J connectivity index is 1.46. The number of amides is 1. The molecule has 0 radical (unpaired) electrons. The molecule has 1 amide bonds. The number of rotatable bonds is 5. The lowest BCUT2D eigenvalue weighted by atomic mass is 9.66. The molecule has 3 aliphatic rings. The first kappa shape index (κ1) is 21.7. The van der Waals surface area contributed by atoms with Crippen molar-refractivity contribution >= 4 is 17.7 Å². The molecule has 2 bridgehead atoms. The van der Waals surface area contributed by atoms with Crippen LogP contribution in [0.1, 0.15) is 50.9 Å². The van der Waals surface area contributed by atoms with E-state index in [0.29, 0.717) is 26.0 Å². The number of morpholine rings is 1. The van der Waals surface area contributed by atoms with Crippen LogP contribution in [0.2, 0.25) is 0 Å². The second-order valence-electron chi connectivity index (χ2n) is 9.43. The largest absolute Gasteiger partial charge is 0.490 e. The van der Waals surface area contributed by atoms with Gasteiger partial charge in [0.2, 0.25) is 0 Å². The first-order valence-corrected chi connectivity index (χ1v) is 10.6. The topological polar surface area (TPSA) is 82.1 Å². The van der Waals surface area contributed by atoms with Crippen LogP contribution in [0.15, 0.2) is 18.2 Å². The number of benzene rings is 1. The van der Waals surface area contributed by atoms with Gasteiger partial charge in [-0.25, -0.2) is 4.39 Å². The second-order valence-corrected chi connectivity index (χ2v) is 9.43. The average Bonchev–Trinajstić information content (AvgIpc) is 3.02. The molecule has 31 heavy (non-hydrogen) atoms. The molecule has 0 spiro atoms. The SMILES string of the molecule is CC(=O)c1cc(F)ccc1OCC1CN(C(=O)[C@@]23CC[C@@](C)(C(=O)O2)C3(C)C)CCO1. The monoisotopic (exact) mass is 433 g/mol. The Labute approximate surface area is 180 Å². The number of carbonyl (C=O) groups is 3. The van der Waals surface area contributed by atoms with Crippen molar-refractivity contribution in [2.24, 2.45) is 10.8 Å². The Hall–Kier alpha value is -2.48. The number of Topliss-reactive ketones (excluding diaryl/α,β-unsaturated/α-hetero) is 1. The van der Waals surface area contributed by atoms with E-state index in [1.54, 1.807) is 4.90 Å². The minimum Gasteiger partial charge on any atom is -0.490 e. The van der Waals surface area contributed by atoms with Crippen LogP contribution in [-0.2, 0) is 19.1 Å². The molecule has 2 aliphatic heterocycles. The number of nitrogens with zero attached hydrogens (tertiary/aromatic N) is 1. The maximum Gasteiger partial charge on any atom is 0.313 e. The molecule has 0 N–H and O–H groups in total. The van der Waals surface area contributed by atoms with E-state index in [1.165, 1.54) is 19.1 Å². The van der Waals surface area contributed by atoms with Gasteiger partial charge in [0.05, 0.1) is 24.1 Å². The second kappa shape index (κ2) is 7.29. The van der Waals surface area contributed by atoms with Crippen LogP contribution in [0.25, 0.3) is 0 Å². The van der Waals surface area contributed by atoms with Crippen LogP contribution in [0.4, 0.5) is 4.39 Å². The lowest BCUT2D eigenvalue weighted by molar-refractivity contribution is -0.178. The molecule has 4 rings (SSSR count). The van der Waals surface area contributed by atoms with Crippen molar-refractivity contribution < 1.29 is 33.0 Å². The molecule has 3 atom stereocenters. The summed E-state index contributed by atoms with van der Waals surface area (Å²) in [5.74, 6) is -1.04. The zero-order valence-electron chi connectivity index (χ0n) is 18.3. The maximum atomic E-state index is 13.6. The molecule has 1 aromatic rings. The van der Waals surface area contributed by atoms with Gasteiger partial charge in [-0.15, -0.1) is 0 Å². The fourth-order valence-electron chi connectivity index (χ4n) is 5.07. The molecule has 7 nitrogen and oxygen atoms in total. The number of hydrogen-bond donors (Lipinski definition) is 0. The van der Waals surface area contributed by atoms with E-state index < -0.39 is 28.4 Å². The molecule has 2 heterocycles. The summed E-state index contributed by atoms with van der Waals surface area (Å²) >= 11 is 0. The summed E-state index contributed by atoms with van der Waals surface area (Å²) in [6, 6.07) is 3.78. The number of fused-ring (bicyclic) bond motifs is 2. The molecule has 3 fully saturated rings. The number of carbonyl (C=O) groups excluding carboxylic acids is 3. The van der Waals surface area contributed by atoms with Gasteiger partial charge < -0.3 is 19.1 Å². The zero-order chi connectivity index (χ0) is 22.6. The third-order valence-corrected chi connectivity index (χ3v) is 7.60. The Kier molecular flexibility index (Phi) is 5.11.